The van der Waals surface area contributed by atoms with Crippen molar-refractivity contribution < 1.29 is 19.4 Å². The summed E-state index contributed by atoms with van der Waals surface area (Å²) in [6, 6.07) is 11.1. The van der Waals surface area contributed by atoms with E-state index in [9.17, 15) is 0 Å². The van der Waals surface area contributed by atoms with Gasteiger partial charge in [-0.2, -0.15) is 0 Å². The molecule has 2 rings (SSSR count). The van der Waals surface area contributed by atoms with Gasteiger partial charge in [-0.3, -0.25) is 0 Å². The molecule has 0 spiro atoms. The SMILES string of the molecule is COc1cc(/C=N/O)cc(Cl)c1OCCOc1ccc(C)cc1. The number of aryl methyl sites for hydroxylation is 1. The number of hydrogen-bond acceptors (Lipinski definition) is 5. The molecule has 2 aromatic rings. The van der Waals surface area contributed by atoms with Crippen LogP contribution >= 0.6 is 11.6 Å². The highest BCUT2D eigenvalue weighted by atomic mass is 35.5. The largest absolute Gasteiger partial charge is 0.493 e. The molecule has 2 aromatic carbocycles. The van der Waals surface area contributed by atoms with E-state index in [4.69, 9.17) is 31.0 Å². The van der Waals surface area contributed by atoms with Crippen molar-refractivity contribution in [1.82, 2.24) is 0 Å². The first kappa shape index (κ1) is 17.0. The zero-order chi connectivity index (χ0) is 16.7. The fourth-order valence-electron chi connectivity index (χ4n) is 1.96. The van der Waals surface area contributed by atoms with E-state index in [2.05, 4.69) is 5.16 Å². The minimum atomic E-state index is 0.317. The van der Waals surface area contributed by atoms with E-state index in [1.165, 1.54) is 18.9 Å². The van der Waals surface area contributed by atoms with Gasteiger partial charge >= 0.3 is 0 Å². The lowest BCUT2D eigenvalue weighted by Gasteiger charge is -2.13. The molecular weight excluding hydrogens is 318 g/mol. The Kier molecular flexibility index (Phi) is 6.11. The lowest BCUT2D eigenvalue weighted by molar-refractivity contribution is 0.211. The predicted octanol–water partition coefficient (Wildman–Crippen LogP) is 3.92. The third kappa shape index (κ3) is 4.79. The second-order valence-corrected chi connectivity index (χ2v) is 5.20. The van der Waals surface area contributed by atoms with Gasteiger partial charge in [0.15, 0.2) is 11.5 Å². The molecule has 0 saturated carbocycles. The average molecular weight is 336 g/mol. The Morgan fingerprint density at radius 1 is 1.13 bits per heavy atom. The van der Waals surface area contributed by atoms with Crippen LogP contribution in [0.2, 0.25) is 5.02 Å². The summed E-state index contributed by atoms with van der Waals surface area (Å²) in [5, 5.41) is 11.9. The van der Waals surface area contributed by atoms with Crippen molar-refractivity contribution in [2.75, 3.05) is 20.3 Å². The van der Waals surface area contributed by atoms with E-state index in [1.54, 1.807) is 12.1 Å². The molecule has 0 amide bonds. The summed E-state index contributed by atoms with van der Waals surface area (Å²) in [4.78, 5) is 0. The van der Waals surface area contributed by atoms with Gasteiger partial charge < -0.3 is 19.4 Å². The molecule has 0 aliphatic heterocycles. The van der Waals surface area contributed by atoms with Crippen LogP contribution in [0, 0.1) is 6.92 Å². The lowest BCUT2D eigenvalue weighted by atomic mass is 10.2. The van der Waals surface area contributed by atoms with Crippen LogP contribution in [0.15, 0.2) is 41.6 Å². The van der Waals surface area contributed by atoms with Gasteiger partial charge in [-0.05, 0) is 31.2 Å². The van der Waals surface area contributed by atoms with Crippen molar-refractivity contribution in [2.45, 2.75) is 6.92 Å². The average Bonchev–Trinajstić information content (AvgIpc) is 2.54. The second kappa shape index (κ2) is 8.29. The first-order valence-corrected chi connectivity index (χ1v) is 7.39. The summed E-state index contributed by atoms with van der Waals surface area (Å²) in [6.07, 6.45) is 1.26. The number of nitrogens with zero attached hydrogens (tertiary/aromatic N) is 1. The number of oxime groups is 1. The van der Waals surface area contributed by atoms with Crippen LogP contribution in [0.1, 0.15) is 11.1 Å². The zero-order valence-electron chi connectivity index (χ0n) is 13.0. The number of ether oxygens (including phenoxy) is 3. The summed E-state index contributed by atoms with van der Waals surface area (Å²) in [6.45, 7) is 2.71. The van der Waals surface area contributed by atoms with Gasteiger partial charge in [0.2, 0.25) is 0 Å². The monoisotopic (exact) mass is 335 g/mol. The third-order valence-electron chi connectivity index (χ3n) is 3.08. The van der Waals surface area contributed by atoms with Gasteiger partial charge in [-0.15, -0.1) is 0 Å². The highest BCUT2D eigenvalue weighted by Crippen LogP contribution is 2.36. The molecule has 0 unspecified atom stereocenters. The summed E-state index contributed by atoms with van der Waals surface area (Å²) in [5.41, 5.74) is 1.79. The number of benzene rings is 2. The summed E-state index contributed by atoms with van der Waals surface area (Å²) in [7, 11) is 1.52. The number of methoxy groups -OCH3 is 1. The van der Waals surface area contributed by atoms with Gasteiger partial charge in [0.25, 0.3) is 0 Å². The van der Waals surface area contributed by atoms with E-state index in [1.807, 2.05) is 31.2 Å². The Balaban J connectivity index is 1.95. The number of rotatable bonds is 7. The normalized spacial score (nSPS) is 10.7. The molecule has 0 aliphatic rings. The smallest absolute Gasteiger partial charge is 0.179 e. The third-order valence-corrected chi connectivity index (χ3v) is 3.36. The highest BCUT2D eigenvalue weighted by molar-refractivity contribution is 6.32. The van der Waals surface area contributed by atoms with Crippen LogP contribution in [0.5, 0.6) is 17.2 Å². The maximum absolute atomic E-state index is 8.58. The van der Waals surface area contributed by atoms with E-state index in [0.29, 0.717) is 35.3 Å². The first-order chi connectivity index (χ1) is 11.1. The van der Waals surface area contributed by atoms with Crippen molar-refractivity contribution in [3.8, 4) is 17.2 Å². The van der Waals surface area contributed by atoms with Crippen LogP contribution in [0.3, 0.4) is 0 Å². The van der Waals surface area contributed by atoms with Gasteiger partial charge in [0, 0.05) is 5.56 Å². The number of hydrogen-bond donors (Lipinski definition) is 1. The van der Waals surface area contributed by atoms with Crippen LogP contribution in [-0.2, 0) is 0 Å². The molecule has 0 heterocycles. The fourth-order valence-corrected chi connectivity index (χ4v) is 2.23. The van der Waals surface area contributed by atoms with Crippen molar-refractivity contribution in [1.29, 1.82) is 0 Å². The molecule has 0 aromatic heterocycles. The quantitative estimate of drug-likeness (QED) is 0.360. The Hall–Kier alpha value is -2.40. The molecule has 23 heavy (non-hydrogen) atoms. The second-order valence-electron chi connectivity index (χ2n) is 4.79. The van der Waals surface area contributed by atoms with E-state index >= 15 is 0 Å². The minimum absolute atomic E-state index is 0.317. The van der Waals surface area contributed by atoms with Gasteiger partial charge in [0.05, 0.1) is 18.3 Å². The van der Waals surface area contributed by atoms with Crippen molar-refractivity contribution in [2.24, 2.45) is 5.16 Å². The van der Waals surface area contributed by atoms with E-state index in [0.717, 1.165) is 5.75 Å². The molecular formula is C17H18ClNO4. The van der Waals surface area contributed by atoms with Gasteiger partial charge in [-0.1, -0.05) is 34.5 Å². The van der Waals surface area contributed by atoms with Crippen LogP contribution in [-0.4, -0.2) is 31.7 Å². The summed E-state index contributed by atoms with van der Waals surface area (Å²) < 4.78 is 16.5. The van der Waals surface area contributed by atoms with Crippen LogP contribution in [0.25, 0.3) is 0 Å². The fraction of sp³-hybridized carbons (Fsp3) is 0.235. The Labute approximate surface area is 140 Å². The molecule has 0 fully saturated rings. The topological polar surface area (TPSA) is 60.3 Å². The first-order valence-electron chi connectivity index (χ1n) is 7.01. The number of halogens is 1. The zero-order valence-corrected chi connectivity index (χ0v) is 13.7. The van der Waals surface area contributed by atoms with Crippen LogP contribution in [0.4, 0.5) is 0 Å². The highest BCUT2D eigenvalue weighted by Gasteiger charge is 2.11. The molecule has 0 atom stereocenters. The molecule has 5 nitrogen and oxygen atoms in total. The Morgan fingerprint density at radius 2 is 1.83 bits per heavy atom. The molecule has 0 aliphatic carbocycles. The Bertz CT molecular complexity index is 671. The molecule has 0 saturated heterocycles. The molecule has 6 heteroatoms. The predicted molar refractivity (Wildman–Crippen MR) is 89.6 cm³/mol. The summed E-state index contributed by atoms with van der Waals surface area (Å²) >= 11 is 6.17. The molecule has 122 valence electrons. The molecule has 0 bridgehead atoms. The van der Waals surface area contributed by atoms with Gasteiger partial charge in [0.1, 0.15) is 19.0 Å². The van der Waals surface area contributed by atoms with Crippen molar-refractivity contribution in [3.05, 3.63) is 52.5 Å². The van der Waals surface area contributed by atoms with E-state index < -0.39 is 0 Å². The van der Waals surface area contributed by atoms with Crippen molar-refractivity contribution in [3.63, 3.8) is 0 Å². The maximum Gasteiger partial charge on any atom is 0.179 e. The summed E-state index contributed by atoms with van der Waals surface area (Å²) in [5.74, 6) is 1.67. The lowest BCUT2D eigenvalue weighted by Crippen LogP contribution is -2.10. The van der Waals surface area contributed by atoms with Crippen molar-refractivity contribution >= 4 is 17.8 Å². The van der Waals surface area contributed by atoms with Crippen LogP contribution < -0.4 is 14.2 Å². The molecule has 1 N–H and O–H groups in total. The standard InChI is InChI=1S/C17H18ClNO4/c1-12-3-5-14(6-4-12)22-7-8-23-17-15(18)9-13(11-19-20)10-16(17)21-2/h3-6,9-11,20H,7-8H2,1-2H3/b19-11+. The van der Waals surface area contributed by atoms with E-state index in [-0.39, 0.29) is 0 Å². The maximum atomic E-state index is 8.58. The van der Waals surface area contributed by atoms with Gasteiger partial charge in [-0.25, -0.2) is 0 Å². The Morgan fingerprint density at radius 3 is 2.48 bits per heavy atom. The molecule has 0 radical (unpaired) electrons. The minimum Gasteiger partial charge on any atom is -0.493 e.